The Morgan fingerprint density at radius 1 is 1.67 bits per heavy atom. The predicted octanol–water partition coefficient (Wildman–Crippen LogP) is 1.67. The maximum absolute atomic E-state index is 5.86. The summed E-state index contributed by atoms with van der Waals surface area (Å²) in [5.74, 6) is 0.898. The zero-order valence-electron chi connectivity index (χ0n) is 12.5. The van der Waals surface area contributed by atoms with Gasteiger partial charge in [-0.05, 0) is 6.92 Å². The predicted molar refractivity (Wildman–Crippen MR) is 87.5 cm³/mol. The lowest BCUT2D eigenvalue weighted by molar-refractivity contribution is -0.00801. The average Bonchev–Trinajstić information content (AvgIpc) is 2.90. The van der Waals surface area contributed by atoms with Gasteiger partial charge in [-0.2, -0.15) is 5.10 Å². The minimum absolute atomic E-state index is 0.0310. The second-order valence-electron chi connectivity index (χ2n) is 4.94. The third-order valence-electron chi connectivity index (χ3n) is 3.20. The van der Waals surface area contributed by atoms with Crippen LogP contribution in [0.25, 0.3) is 0 Å². The zero-order chi connectivity index (χ0) is 15.2. The molecule has 21 heavy (non-hydrogen) atoms. The van der Waals surface area contributed by atoms with Crippen LogP contribution in [-0.2, 0) is 11.8 Å². The van der Waals surface area contributed by atoms with Crippen LogP contribution in [0.5, 0.6) is 0 Å². The van der Waals surface area contributed by atoms with Gasteiger partial charge < -0.3 is 15.0 Å². The molecule has 1 aromatic rings. The van der Waals surface area contributed by atoms with Crippen molar-refractivity contribution in [1.29, 1.82) is 0 Å². The highest BCUT2D eigenvalue weighted by atomic mass is 79.9. The Balaban J connectivity index is 2.06. The van der Waals surface area contributed by atoms with Crippen LogP contribution < -0.4 is 5.32 Å². The molecule has 0 bridgehead atoms. The van der Waals surface area contributed by atoms with E-state index in [9.17, 15) is 0 Å². The fourth-order valence-electron chi connectivity index (χ4n) is 2.24. The van der Waals surface area contributed by atoms with Crippen LogP contribution in [0.15, 0.2) is 28.4 Å². The maximum Gasteiger partial charge on any atom is 0.194 e. The van der Waals surface area contributed by atoms with E-state index in [1.54, 1.807) is 4.68 Å². The molecule has 1 aliphatic heterocycles. The Morgan fingerprint density at radius 3 is 3.10 bits per heavy atom. The summed E-state index contributed by atoms with van der Waals surface area (Å²) in [6.07, 6.45) is 3.89. The van der Waals surface area contributed by atoms with Crippen LogP contribution in [0.2, 0.25) is 0 Å². The topological polar surface area (TPSA) is 54.7 Å². The highest BCUT2D eigenvalue weighted by Gasteiger charge is 2.25. The van der Waals surface area contributed by atoms with Crippen molar-refractivity contribution in [3.63, 3.8) is 0 Å². The van der Waals surface area contributed by atoms with Crippen molar-refractivity contribution in [2.45, 2.75) is 13.0 Å². The molecule has 7 heteroatoms. The molecule has 116 valence electrons. The molecule has 0 aromatic carbocycles. The Bertz CT molecular complexity index is 513. The molecule has 0 saturated carbocycles. The molecule has 1 atom stereocenters. The second kappa shape index (κ2) is 7.61. The lowest BCUT2D eigenvalue weighted by Gasteiger charge is -2.34. The zero-order valence-corrected chi connectivity index (χ0v) is 14.1. The van der Waals surface area contributed by atoms with Crippen molar-refractivity contribution < 1.29 is 4.74 Å². The van der Waals surface area contributed by atoms with E-state index in [1.165, 1.54) is 0 Å². The van der Waals surface area contributed by atoms with Crippen molar-refractivity contribution in [3.8, 4) is 0 Å². The fourth-order valence-corrected chi connectivity index (χ4v) is 2.36. The normalized spacial score (nSPS) is 19.7. The van der Waals surface area contributed by atoms with Crippen LogP contribution in [0.3, 0.4) is 0 Å². The lowest BCUT2D eigenvalue weighted by atomic mass is 10.1. The summed E-state index contributed by atoms with van der Waals surface area (Å²) < 4.78 is 8.52. The summed E-state index contributed by atoms with van der Waals surface area (Å²) in [4.78, 5) is 6.80. The first kappa shape index (κ1) is 16.0. The number of rotatable bonds is 4. The van der Waals surface area contributed by atoms with Gasteiger partial charge in [0.15, 0.2) is 5.96 Å². The van der Waals surface area contributed by atoms with Gasteiger partial charge in [-0.3, -0.25) is 4.68 Å². The van der Waals surface area contributed by atoms with Gasteiger partial charge in [-0.15, -0.1) is 0 Å². The monoisotopic (exact) mass is 355 g/mol. The van der Waals surface area contributed by atoms with E-state index in [-0.39, 0.29) is 6.10 Å². The Hall–Kier alpha value is -1.34. The van der Waals surface area contributed by atoms with Crippen LogP contribution in [-0.4, -0.2) is 53.4 Å². The minimum atomic E-state index is 0.0310. The van der Waals surface area contributed by atoms with E-state index in [0.29, 0.717) is 13.2 Å². The third kappa shape index (κ3) is 4.57. The number of hydrogen-bond acceptors (Lipinski definition) is 3. The van der Waals surface area contributed by atoms with E-state index in [0.717, 1.165) is 35.6 Å². The molecular formula is C14H22BrN5O. The highest BCUT2D eigenvalue weighted by molar-refractivity contribution is 9.11. The highest BCUT2D eigenvalue weighted by Crippen LogP contribution is 2.21. The van der Waals surface area contributed by atoms with Gasteiger partial charge in [0.05, 0.1) is 25.9 Å². The maximum atomic E-state index is 5.86. The van der Waals surface area contributed by atoms with E-state index in [4.69, 9.17) is 4.74 Å². The number of halogens is 1. The minimum Gasteiger partial charge on any atom is -0.370 e. The summed E-state index contributed by atoms with van der Waals surface area (Å²) >= 11 is 3.35. The molecule has 6 nitrogen and oxygen atoms in total. The first-order chi connectivity index (χ1) is 10.1. The van der Waals surface area contributed by atoms with Gasteiger partial charge in [-0.1, -0.05) is 22.5 Å². The van der Waals surface area contributed by atoms with Gasteiger partial charge in [0.2, 0.25) is 0 Å². The SMILES string of the molecule is C=C(Br)CN=C(NCC)N1CCOC(c2cnn(C)c2)C1. The lowest BCUT2D eigenvalue weighted by Crippen LogP contribution is -2.48. The number of nitrogens with one attached hydrogen (secondary N) is 1. The van der Waals surface area contributed by atoms with E-state index >= 15 is 0 Å². The van der Waals surface area contributed by atoms with Crippen molar-refractivity contribution in [2.75, 3.05) is 32.8 Å². The number of morpholine rings is 1. The summed E-state index contributed by atoms with van der Waals surface area (Å²) in [5, 5.41) is 7.53. The number of aliphatic imine (C=N–C) groups is 1. The number of guanidine groups is 1. The number of aryl methyl sites for hydroxylation is 1. The van der Waals surface area contributed by atoms with Gasteiger partial charge in [-0.25, -0.2) is 4.99 Å². The van der Waals surface area contributed by atoms with Crippen LogP contribution >= 0.6 is 15.9 Å². The van der Waals surface area contributed by atoms with Gasteiger partial charge in [0, 0.05) is 36.4 Å². The van der Waals surface area contributed by atoms with Crippen LogP contribution in [0.1, 0.15) is 18.6 Å². The van der Waals surface area contributed by atoms with Crippen LogP contribution in [0.4, 0.5) is 0 Å². The van der Waals surface area contributed by atoms with Crippen molar-refractivity contribution in [1.82, 2.24) is 20.0 Å². The molecular weight excluding hydrogens is 334 g/mol. The Morgan fingerprint density at radius 2 is 2.48 bits per heavy atom. The largest absolute Gasteiger partial charge is 0.370 e. The quantitative estimate of drug-likeness (QED) is 0.659. The van der Waals surface area contributed by atoms with Crippen molar-refractivity contribution in [3.05, 3.63) is 29.0 Å². The number of ether oxygens (including phenoxy) is 1. The van der Waals surface area contributed by atoms with Crippen LogP contribution in [0, 0.1) is 0 Å². The molecule has 0 aliphatic carbocycles. The first-order valence-electron chi connectivity index (χ1n) is 7.06. The van der Waals surface area contributed by atoms with E-state index in [1.807, 2.05) is 19.4 Å². The summed E-state index contributed by atoms with van der Waals surface area (Å²) in [6, 6.07) is 0. The van der Waals surface area contributed by atoms with Crippen molar-refractivity contribution >= 4 is 21.9 Å². The molecule has 0 spiro atoms. The molecule has 1 unspecified atom stereocenters. The summed E-state index contributed by atoms with van der Waals surface area (Å²) in [7, 11) is 1.91. The van der Waals surface area contributed by atoms with Gasteiger partial charge >= 0.3 is 0 Å². The molecule has 1 N–H and O–H groups in total. The molecule has 0 amide bonds. The molecule has 2 heterocycles. The number of aromatic nitrogens is 2. The van der Waals surface area contributed by atoms with E-state index < -0.39 is 0 Å². The average molecular weight is 356 g/mol. The molecule has 0 radical (unpaired) electrons. The summed E-state index contributed by atoms with van der Waals surface area (Å²) in [5.41, 5.74) is 1.10. The Labute approximate surface area is 134 Å². The summed E-state index contributed by atoms with van der Waals surface area (Å²) in [6.45, 7) is 9.58. The van der Waals surface area contributed by atoms with Crippen molar-refractivity contribution in [2.24, 2.45) is 12.0 Å². The fraction of sp³-hybridized carbons (Fsp3) is 0.571. The van der Waals surface area contributed by atoms with Gasteiger partial charge in [0.1, 0.15) is 6.10 Å². The molecule has 1 aromatic heterocycles. The molecule has 1 aliphatic rings. The van der Waals surface area contributed by atoms with E-state index in [2.05, 4.69) is 49.7 Å². The second-order valence-corrected chi connectivity index (χ2v) is 6.06. The standard InChI is InChI=1S/C14H22BrN5O/c1-4-16-14(17-7-11(2)15)20-5-6-21-13(10-20)12-8-18-19(3)9-12/h8-9,13H,2,4-7,10H2,1,3H3,(H,16,17). The number of hydrogen-bond donors (Lipinski definition) is 1. The van der Waals surface area contributed by atoms with Gasteiger partial charge in [0.25, 0.3) is 0 Å². The third-order valence-corrected chi connectivity index (χ3v) is 3.45. The smallest absolute Gasteiger partial charge is 0.194 e. The first-order valence-corrected chi connectivity index (χ1v) is 7.86. The molecule has 1 fully saturated rings. The molecule has 2 rings (SSSR count). The number of nitrogens with zero attached hydrogens (tertiary/aromatic N) is 4. The molecule has 1 saturated heterocycles. The Kier molecular flexibility index (Phi) is 5.81.